The number of rotatable bonds is 3. The largest absolute Gasteiger partial charge is 0.372 e. The first-order valence-electron chi connectivity index (χ1n) is 10.1. The zero-order chi connectivity index (χ0) is 19.2. The van der Waals surface area contributed by atoms with E-state index in [1.165, 1.54) is 12.8 Å². The molecule has 2 fully saturated rings. The summed E-state index contributed by atoms with van der Waals surface area (Å²) >= 11 is 0. The van der Waals surface area contributed by atoms with Gasteiger partial charge in [-0.3, -0.25) is 9.59 Å². The molecule has 2 N–H and O–H groups in total. The van der Waals surface area contributed by atoms with E-state index >= 15 is 0 Å². The Kier molecular flexibility index (Phi) is 6.72. The molecule has 0 bridgehead atoms. The monoisotopic (exact) mass is 373 g/mol. The third-order valence-corrected chi connectivity index (χ3v) is 5.31. The molecule has 1 aromatic carbocycles. The van der Waals surface area contributed by atoms with Crippen LogP contribution in [0.1, 0.15) is 52.4 Å². The Labute approximate surface area is 161 Å². The van der Waals surface area contributed by atoms with Crippen LogP contribution in [0, 0.1) is 0 Å². The van der Waals surface area contributed by atoms with E-state index in [0.29, 0.717) is 5.69 Å². The molecule has 1 aliphatic heterocycles. The van der Waals surface area contributed by atoms with E-state index in [0.717, 1.165) is 44.5 Å². The van der Waals surface area contributed by atoms with E-state index < -0.39 is 11.8 Å². The molecule has 1 aromatic rings. The fourth-order valence-electron chi connectivity index (χ4n) is 4.01. The van der Waals surface area contributed by atoms with E-state index in [4.69, 9.17) is 4.74 Å². The Morgan fingerprint density at radius 2 is 1.52 bits per heavy atom. The summed E-state index contributed by atoms with van der Waals surface area (Å²) in [6, 6.07) is 7.76. The number of hydrogen-bond acceptors (Lipinski definition) is 4. The topological polar surface area (TPSA) is 70.7 Å². The average Bonchev–Trinajstić information content (AvgIpc) is 2.90. The molecule has 2 amide bonds. The van der Waals surface area contributed by atoms with Crippen LogP contribution in [-0.2, 0) is 14.3 Å². The number of amides is 2. The number of hydrogen-bond donors (Lipinski definition) is 2. The van der Waals surface area contributed by atoms with Gasteiger partial charge in [0, 0.05) is 30.5 Å². The summed E-state index contributed by atoms with van der Waals surface area (Å²) in [5.74, 6) is -1.14. The van der Waals surface area contributed by atoms with Gasteiger partial charge in [0.05, 0.1) is 12.2 Å². The maximum absolute atomic E-state index is 12.2. The molecule has 1 aliphatic carbocycles. The van der Waals surface area contributed by atoms with E-state index in [1.54, 1.807) is 0 Å². The number of nitrogens with zero attached hydrogens (tertiary/aromatic N) is 1. The van der Waals surface area contributed by atoms with Crippen molar-refractivity contribution in [3.63, 3.8) is 0 Å². The molecule has 27 heavy (non-hydrogen) atoms. The number of morpholine rings is 1. The van der Waals surface area contributed by atoms with Gasteiger partial charge < -0.3 is 20.3 Å². The van der Waals surface area contributed by atoms with Crippen molar-refractivity contribution in [1.29, 1.82) is 0 Å². The normalized spacial score (nSPS) is 24.1. The molecule has 0 spiro atoms. The van der Waals surface area contributed by atoms with Crippen molar-refractivity contribution in [2.75, 3.05) is 23.3 Å². The number of ether oxygens (including phenoxy) is 1. The molecule has 0 unspecified atom stereocenters. The van der Waals surface area contributed by atoms with Gasteiger partial charge in [0.2, 0.25) is 0 Å². The number of nitrogens with one attached hydrogen (secondary N) is 2. The van der Waals surface area contributed by atoms with Gasteiger partial charge in [0.25, 0.3) is 0 Å². The summed E-state index contributed by atoms with van der Waals surface area (Å²) in [7, 11) is 0. The lowest BCUT2D eigenvalue weighted by Crippen LogP contribution is -2.45. The molecular weight excluding hydrogens is 342 g/mol. The maximum atomic E-state index is 12.2. The zero-order valence-electron chi connectivity index (χ0n) is 16.4. The van der Waals surface area contributed by atoms with Crippen molar-refractivity contribution < 1.29 is 14.3 Å². The van der Waals surface area contributed by atoms with E-state index in [1.807, 2.05) is 24.3 Å². The van der Waals surface area contributed by atoms with Crippen molar-refractivity contribution in [1.82, 2.24) is 5.32 Å². The smallest absolute Gasteiger partial charge is 0.313 e. The van der Waals surface area contributed by atoms with Gasteiger partial charge in [-0.15, -0.1) is 0 Å². The molecule has 0 aromatic heterocycles. The van der Waals surface area contributed by atoms with Gasteiger partial charge in [-0.2, -0.15) is 0 Å². The minimum absolute atomic E-state index is 0.124. The second-order valence-electron chi connectivity index (χ2n) is 7.83. The summed E-state index contributed by atoms with van der Waals surface area (Å²) in [5.41, 5.74) is 1.73. The summed E-state index contributed by atoms with van der Waals surface area (Å²) in [4.78, 5) is 26.6. The zero-order valence-corrected chi connectivity index (χ0v) is 16.4. The van der Waals surface area contributed by atoms with Gasteiger partial charge in [-0.1, -0.05) is 25.7 Å². The first-order chi connectivity index (χ1) is 13.0. The number of anilines is 2. The summed E-state index contributed by atoms with van der Waals surface area (Å²) < 4.78 is 5.77. The third kappa shape index (κ3) is 5.70. The Hall–Kier alpha value is -2.08. The molecule has 1 saturated heterocycles. The number of carbonyl (C=O) groups is 2. The molecule has 3 rings (SSSR count). The highest BCUT2D eigenvalue weighted by Gasteiger charge is 2.23. The molecule has 1 saturated carbocycles. The van der Waals surface area contributed by atoms with Crippen molar-refractivity contribution in [2.45, 2.75) is 70.6 Å². The lowest BCUT2D eigenvalue weighted by Gasteiger charge is -2.36. The first-order valence-corrected chi connectivity index (χ1v) is 10.1. The van der Waals surface area contributed by atoms with Gasteiger partial charge in [-0.25, -0.2) is 0 Å². The van der Waals surface area contributed by atoms with Crippen molar-refractivity contribution in [3.05, 3.63) is 24.3 Å². The van der Waals surface area contributed by atoms with Crippen molar-refractivity contribution >= 4 is 23.2 Å². The molecule has 0 radical (unpaired) electrons. The maximum Gasteiger partial charge on any atom is 0.313 e. The molecule has 6 heteroatoms. The lowest BCUT2D eigenvalue weighted by atomic mass is 10.1. The van der Waals surface area contributed by atoms with Crippen LogP contribution in [0.25, 0.3) is 0 Å². The van der Waals surface area contributed by atoms with Crippen LogP contribution in [0.4, 0.5) is 11.4 Å². The molecule has 6 nitrogen and oxygen atoms in total. The van der Waals surface area contributed by atoms with Crippen molar-refractivity contribution in [3.8, 4) is 0 Å². The second-order valence-corrected chi connectivity index (χ2v) is 7.83. The molecular formula is C21H31N3O3. The fraction of sp³-hybridized carbons (Fsp3) is 0.619. The SMILES string of the molecule is C[C@@H]1CN(c2ccc(NC(=O)C(=O)NC3CCCCCC3)cc2)C[C@@H](C)O1. The predicted molar refractivity (Wildman–Crippen MR) is 107 cm³/mol. The summed E-state index contributed by atoms with van der Waals surface area (Å²) in [6.07, 6.45) is 6.98. The van der Waals surface area contributed by atoms with E-state index in [2.05, 4.69) is 29.4 Å². The Balaban J connectivity index is 1.52. The van der Waals surface area contributed by atoms with Gasteiger partial charge in [0.15, 0.2) is 0 Å². The molecule has 148 valence electrons. The van der Waals surface area contributed by atoms with Crippen LogP contribution in [-0.4, -0.2) is 43.2 Å². The summed E-state index contributed by atoms with van der Waals surface area (Å²) in [5, 5.41) is 5.58. The van der Waals surface area contributed by atoms with E-state index in [9.17, 15) is 9.59 Å². The third-order valence-electron chi connectivity index (χ3n) is 5.31. The van der Waals surface area contributed by atoms with Crippen LogP contribution in [0.3, 0.4) is 0 Å². The Morgan fingerprint density at radius 3 is 2.11 bits per heavy atom. The first kappa shape index (κ1) is 19.7. The van der Waals surface area contributed by atoms with Crippen LogP contribution in [0.15, 0.2) is 24.3 Å². The predicted octanol–water partition coefficient (Wildman–Crippen LogP) is 3.08. The van der Waals surface area contributed by atoms with Gasteiger partial charge in [0.1, 0.15) is 0 Å². The highest BCUT2D eigenvalue weighted by atomic mass is 16.5. The minimum atomic E-state index is -0.597. The van der Waals surface area contributed by atoms with Crippen LogP contribution in [0.2, 0.25) is 0 Å². The van der Waals surface area contributed by atoms with E-state index in [-0.39, 0.29) is 18.2 Å². The quantitative estimate of drug-likeness (QED) is 0.631. The van der Waals surface area contributed by atoms with Gasteiger partial charge in [-0.05, 0) is 51.0 Å². The number of carbonyl (C=O) groups excluding carboxylic acids is 2. The standard InChI is InChI=1S/C21H31N3O3/c1-15-13-24(14-16(2)27-15)19-11-9-18(10-12-19)23-21(26)20(25)22-17-7-5-3-4-6-8-17/h9-12,15-17H,3-8,13-14H2,1-2H3,(H,22,25)(H,23,26)/t15-,16-/m1/s1. The Bertz CT molecular complexity index is 629. The van der Waals surface area contributed by atoms with Gasteiger partial charge >= 0.3 is 11.8 Å². The van der Waals surface area contributed by atoms with Crippen LogP contribution >= 0.6 is 0 Å². The van der Waals surface area contributed by atoms with Crippen LogP contribution in [0.5, 0.6) is 0 Å². The fourth-order valence-corrected chi connectivity index (χ4v) is 4.01. The molecule has 2 atom stereocenters. The molecule has 2 aliphatic rings. The lowest BCUT2D eigenvalue weighted by molar-refractivity contribution is -0.136. The minimum Gasteiger partial charge on any atom is -0.372 e. The highest BCUT2D eigenvalue weighted by molar-refractivity contribution is 6.39. The Morgan fingerprint density at radius 1 is 0.926 bits per heavy atom. The van der Waals surface area contributed by atoms with Crippen molar-refractivity contribution in [2.24, 2.45) is 0 Å². The van der Waals surface area contributed by atoms with Crippen LogP contribution < -0.4 is 15.5 Å². The summed E-state index contributed by atoms with van der Waals surface area (Å²) in [6.45, 7) is 5.84. The average molecular weight is 373 g/mol. The highest BCUT2D eigenvalue weighted by Crippen LogP contribution is 2.22. The second kappa shape index (κ2) is 9.22. The number of benzene rings is 1. The molecule has 1 heterocycles.